The van der Waals surface area contributed by atoms with E-state index >= 15 is 0 Å². The van der Waals surface area contributed by atoms with Crippen molar-refractivity contribution in [3.63, 3.8) is 0 Å². The van der Waals surface area contributed by atoms with Gasteiger partial charge < -0.3 is 0 Å². The number of likely N-dealkylation sites (tertiary alicyclic amines) is 3. The second-order valence-corrected chi connectivity index (χ2v) is 10.5. The molecule has 0 bridgehead atoms. The third-order valence-corrected chi connectivity index (χ3v) is 6.79. The van der Waals surface area contributed by atoms with Crippen molar-refractivity contribution < 1.29 is 0 Å². The molecule has 3 aliphatic heterocycles. The first-order chi connectivity index (χ1) is 10.6. The Hall–Kier alpha value is -0.120. The van der Waals surface area contributed by atoms with Gasteiger partial charge in [0.2, 0.25) is 0 Å². The van der Waals surface area contributed by atoms with Crippen LogP contribution in [0.5, 0.6) is 0 Å². The molecule has 3 heterocycles. The monoisotopic (exact) mass is 321 g/mol. The first-order valence-corrected chi connectivity index (χ1v) is 9.83. The van der Waals surface area contributed by atoms with Crippen molar-refractivity contribution in [3.8, 4) is 0 Å². The van der Waals surface area contributed by atoms with E-state index in [2.05, 4.69) is 56.2 Å². The van der Waals surface area contributed by atoms with Crippen molar-refractivity contribution in [2.24, 2.45) is 5.41 Å². The van der Waals surface area contributed by atoms with E-state index in [1.165, 1.54) is 65.0 Å². The topological polar surface area (TPSA) is 9.72 Å². The minimum absolute atomic E-state index is 0.344. The molecule has 3 saturated heterocycles. The summed E-state index contributed by atoms with van der Waals surface area (Å²) in [6.07, 6.45) is 5.71. The van der Waals surface area contributed by atoms with Crippen molar-refractivity contribution in [1.29, 1.82) is 0 Å². The third kappa shape index (κ3) is 3.77. The summed E-state index contributed by atoms with van der Waals surface area (Å²) < 4.78 is 0. The van der Waals surface area contributed by atoms with Crippen LogP contribution < -0.4 is 0 Å². The Balaban J connectivity index is 1.54. The van der Waals surface area contributed by atoms with Crippen LogP contribution in [0.2, 0.25) is 0 Å². The minimum atomic E-state index is 0.344. The molecule has 134 valence electrons. The van der Waals surface area contributed by atoms with Crippen LogP contribution in [0.1, 0.15) is 67.2 Å². The van der Waals surface area contributed by atoms with Gasteiger partial charge in [-0.15, -0.1) is 0 Å². The maximum absolute atomic E-state index is 2.85. The Morgan fingerprint density at radius 2 is 1.30 bits per heavy atom. The van der Waals surface area contributed by atoms with Gasteiger partial charge in [0, 0.05) is 36.8 Å². The molecule has 0 aromatic rings. The molecule has 0 saturated carbocycles. The lowest BCUT2D eigenvalue weighted by atomic mass is 9.71. The van der Waals surface area contributed by atoms with E-state index in [0.29, 0.717) is 16.5 Å². The van der Waals surface area contributed by atoms with Crippen molar-refractivity contribution in [3.05, 3.63) is 0 Å². The highest BCUT2D eigenvalue weighted by atomic mass is 15.3. The van der Waals surface area contributed by atoms with Crippen molar-refractivity contribution in [2.75, 3.05) is 39.3 Å². The lowest BCUT2D eigenvalue weighted by Gasteiger charge is -2.56. The fourth-order valence-electron chi connectivity index (χ4n) is 4.85. The predicted octanol–water partition coefficient (Wildman–Crippen LogP) is 3.45. The molecule has 3 nitrogen and oxygen atoms in total. The number of piperidine rings is 2. The SMILES string of the molecule is CC(C)(C)N1CCC2(CCCN(C3CN(C(C)(C)C)C3)C2)CC1. The lowest BCUT2D eigenvalue weighted by molar-refractivity contribution is -0.0689. The lowest BCUT2D eigenvalue weighted by Crippen LogP contribution is -2.66. The minimum Gasteiger partial charge on any atom is -0.298 e. The molecule has 0 N–H and O–H groups in total. The molecule has 0 radical (unpaired) electrons. The third-order valence-electron chi connectivity index (χ3n) is 6.79. The van der Waals surface area contributed by atoms with Crippen LogP contribution in [0.4, 0.5) is 0 Å². The molecule has 0 amide bonds. The largest absolute Gasteiger partial charge is 0.298 e. The van der Waals surface area contributed by atoms with Crippen molar-refractivity contribution in [1.82, 2.24) is 14.7 Å². The van der Waals surface area contributed by atoms with Gasteiger partial charge in [0.05, 0.1) is 0 Å². The first-order valence-electron chi connectivity index (χ1n) is 9.83. The number of hydrogen-bond donors (Lipinski definition) is 0. The molecule has 0 atom stereocenters. The zero-order valence-corrected chi connectivity index (χ0v) is 16.5. The van der Waals surface area contributed by atoms with E-state index in [-0.39, 0.29) is 0 Å². The van der Waals surface area contributed by atoms with Gasteiger partial charge in [-0.1, -0.05) is 0 Å². The zero-order chi connectivity index (χ0) is 16.9. The average Bonchev–Trinajstić information content (AvgIpc) is 2.34. The second kappa shape index (κ2) is 6.00. The molecular weight excluding hydrogens is 282 g/mol. The summed E-state index contributed by atoms with van der Waals surface area (Å²) in [4.78, 5) is 8.18. The van der Waals surface area contributed by atoms with Gasteiger partial charge in [-0.2, -0.15) is 0 Å². The van der Waals surface area contributed by atoms with Crippen LogP contribution in [0.15, 0.2) is 0 Å². The zero-order valence-electron chi connectivity index (χ0n) is 16.5. The number of nitrogens with zero attached hydrogens (tertiary/aromatic N) is 3. The van der Waals surface area contributed by atoms with E-state index in [9.17, 15) is 0 Å². The van der Waals surface area contributed by atoms with Crippen LogP contribution in [0.3, 0.4) is 0 Å². The highest BCUT2D eigenvalue weighted by Crippen LogP contribution is 2.42. The average molecular weight is 322 g/mol. The summed E-state index contributed by atoms with van der Waals surface area (Å²) in [5.74, 6) is 0. The Morgan fingerprint density at radius 1 is 0.739 bits per heavy atom. The quantitative estimate of drug-likeness (QED) is 0.732. The summed E-state index contributed by atoms with van der Waals surface area (Å²) in [6.45, 7) is 22.0. The summed E-state index contributed by atoms with van der Waals surface area (Å²) in [5.41, 5.74) is 1.32. The highest BCUT2D eigenvalue weighted by Gasteiger charge is 2.44. The fourth-order valence-corrected chi connectivity index (χ4v) is 4.85. The molecule has 3 rings (SSSR count). The molecular formula is C20H39N3. The van der Waals surface area contributed by atoms with Gasteiger partial charge in [0.25, 0.3) is 0 Å². The van der Waals surface area contributed by atoms with Gasteiger partial charge in [-0.05, 0) is 92.3 Å². The van der Waals surface area contributed by atoms with Crippen LogP contribution in [-0.4, -0.2) is 71.1 Å². The summed E-state index contributed by atoms with van der Waals surface area (Å²) in [5, 5.41) is 0. The standard InChI is InChI=1S/C20H39N3/c1-18(2,3)22-12-9-20(10-13-22)8-7-11-21(16-20)17-14-23(15-17)19(4,5)6/h17H,7-16H2,1-6H3. The highest BCUT2D eigenvalue weighted by molar-refractivity contribution is 5.00. The Bertz CT molecular complexity index is 404. The van der Waals surface area contributed by atoms with E-state index in [0.717, 1.165) is 6.04 Å². The van der Waals surface area contributed by atoms with Crippen LogP contribution in [0, 0.1) is 5.41 Å². The van der Waals surface area contributed by atoms with Gasteiger partial charge in [-0.3, -0.25) is 14.7 Å². The molecule has 3 fully saturated rings. The van der Waals surface area contributed by atoms with Crippen molar-refractivity contribution in [2.45, 2.75) is 84.3 Å². The molecule has 0 aliphatic carbocycles. The van der Waals surface area contributed by atoms with Gasteiger partial charge in [0.1, 0.15) is 0 Å². The van der Waals surface area contributed by atoms with Gasteiger partial charge >= 0.3 is 0 Å². The molecule has 1 spiro atoms. The Labute approximate surface area is 144 Å². The maximum atomic E-state index is 2.85. The van der Waals surface area contributed by atoms with Gasteiger partial charge in [-0.25, -0.2) is 0 Å². The Kier molecular flexibility index (Phi) is 4.61. The molecule has 3 heteroatoms. The van der Waals surface area contributed by atoms with E-state index in [1.54, 1.807) is 0 Å². The van der Waals surface area contributed by atoms with Crippen LogP contribution >= 0.6 is 0 Å². The molecule has 3 aliphatic rings. The Morgan fingerprint density at radius 3 is 1.83 bits per heavy atom. The summed E-state index contributed by atoms with van der Waals surface area (Å²) in [7, 11) is 0. The molecule has 0 unspecified atom stereocenters. The fraction of sp³-hybridized carbons (Fsp3) is 1.00. The van der Waals surface area contributed by atoms with Crippen LogP contribution in [-0.2, 0) is 0 Å². The van der Waals surface area contributed by atoms with E-state index in [4.69, 9.17) is 0 Å². The van der Waals surface area contributed by atoms with Crippen molar-refractivity contribution >= 4 is 0 Å². The molecule has 0 aromatic carbocycles. The predicted molar refractivity (Wildman–Crippen MR) is 98.9 cm³/mol. The normalized spacial score (nSPS) is 29.0. The summed E-state index contributed by atoms with van der Waals surface area (Å²) in [6, 6.07) is 0.826. The van der Waals surface area contributed by atoms with Crippen LogP contribution in [0.25, 0.3) is 0 Å². The smallest absolute Gasteiger partial charge is 0.0351 e. The number of rotatable bonds is 1. The van der Waals surface area contributed by atoms with E-state index in [1.807, 2.05) is 0 Å². The first kappa shape index (κ1) is 17.7. The maximum Gasteiger partial charge on any atom is 0.0351 e. The second-order valence-electron chi connectivity index (χ2n) is 10.5. The van der Waals surface area contributed by atoms with E-state index < -0.39 is 0 Å². The molecule has 23 heavy (non-hydrogen) atoms. The number of hydrogen-bond acceptors (Lipinski definition) is 3. The summed E-state index contributed by atoms with van der Waals surface area (Å²) >= 11 is 0. The van der Waals surface area contributed by atoms with Gasteiger partial charge in [0.15, 0.2) is 0 Å². The molecule has 0 aromatic heterocycles.